The van der Waals surface area contributed by atoms with Gasteiger partial charge in [-0.25, -0.2) is 13.4 Å². The number of amides is 1. The average molecular weight is 472 g/mol. The first-order valence-corrected chi connectivity index (χ1v) is 12.2. The van der Waals surface area contributed by atoms with Gasteiger partial charge in [-0.3, -0.25) is 9.78 Å². The molecule has 0 atom stereocenters. The van der Waals surface area contributed by atoms with Gasteiger partial charge in [0.15, 0.2) is 0 Å². The minimum absolute atomic E-state index is 0.0194. The zero-order valence-electron chi connectivity index (χ0n) is 17.3. The fourth-order valence-corrected chi connectivity index (χ4v) is 6.19. The van der Waals surface area contributed by atoms with Crippen LogP contribution < -0.4 is 4.90 Å². The van der Waals surface area contributed by atoms with Gasteiger partial charge >= 0.3 is 0 Å². The van der Waals surface area contributed by atoms with Crippen molar-refractivity contribution in [1.82, 2.24) is 19.2 Å². The van der Waals surface area contributed by atoms with Gasteiger partial charge in [0.05, 0.1) is 10.8 Å². The van der Waals surface area contributed by atoms with Crippen LogP contribution in [0.1, 0.15) is 0 Å². The summed E-state index contributed by atoms with van der Waals surface area (Å²) in [5, 5.41) is 1.86. The summed E-state index contributed by atoms with van der Waals surface area (Å²) in [7, 11) is -3.67. The second kappa shape index (κ2) is 8.31. The first kappa shape index (κ1) is 21.1. The van der Waals surface area contributed by atoms with Crippen molar-refractivity contribution in [3.8, 4) is 0 Å². The molecule has 0 radical (unpaired) electrons. The number of pyridine rings is 2. The molecule has 0 saturated carbocycles. The summed E-state index contributed by atoms with van der Waals surface area (Å²) in [5.41, 5.74) is 0.989. The number of carbonyl (C=O) groups is 1. The maximum atomic E-state index is 13.2. The fraction of sp³-hybridized carbons (Fsp3) is 0.318. The number of benzene rings is 1. The van der Waals surface area contributed by atoms with E-state index in [1.165, 1.54) is 4.31 Å². The van der Waals surface area contributed by atoms with Gasteiger partial charge in [-0.05, 0) is 24.3 Å². The Labute approximate surface area is 191 Å². The number of halogens is 1. The van der Waals surface area contributed by atoms with E-state index in [-0.39, 0.29) is 29.8 Å². The highest BCUT2D eigenvalue weighted by molar-refractivity contribution is 7.89. The Morgan fingerprint density at radius 1 is 1.03 bits per heavy atom. The van der Waals surface area contributed by atoms with Gasteiger partial charge in [0.25, 0.3) is 0 Å². The Balaban J connectivity index is 1.21. The molecule has 0 N–H and O–H groups in total. The number of fused-ring (bicyclic) bond motifs is 1. The molecule has 2 fully saturated rings. The van der Waals surface area contributed by atoms with Crippen LogP contribution >= 0.6 is 11.6 Å². The first-order chi connectivity index (χ1) is 15.4. The maximum absolute atomic E-state index is 13.2. The van der Waals surface area contributed by atoms with Gasteiger partial charge in [0.1, 0.15) is 5.15 Å². The summed E-state index contributed by atoms with van der Waals surface area (Å²) >= 11 is 5.98. The molecule has 3 aromatic rings. The van der Waals surface area contributed by atoms with E-state index in [4.69, 9.17) is 11.6 Å². The van der Waals surface area contributed by atoms with Gasteiger partial charge in [-0.15, -0.1) is 0 Å². The fourth-order valence-electron chi connectivity index (χ4n) is 4.28. The van der Waals surface area contributed by atoms with Gasteiger partial charge < -0.3 is 9.80 Å². The standard InChI is InChI=1S/C22H22ClN5O3S/c23-21-12-18(4-7-25-21)26-8-10-27(11-9-26)22(29)17-14-28(15-17)32(30,31)20-3-1-2-16-13-24-6-5-19(16)20/h1-7,12-13,17H,8-11,14-15H2. The third-order valence-electron chi connectivity index (χ3n) is 6.12. The lowest BCUT2D eigenvalue weighted by Gasteiger charge is -2.42. The number of nitrogens with zero attached hydrogens (tertiary/aromatic N) is 5. The summed E-state index contributed by atoms with van der Waals surface area (Å²) in [6.45, 7) is 3.01. The van der Waals surface area contributed by atoms with Gasteiger partial charge in [0.2, 0.25) is 15.9 Å². The predicted octanol–water partition coefficient (Wildman–Crippen LogP) is 2.25. The van der Waals surface area contributed by atoms with Gasteiger partial charge in [-0.1, -0.05) is 23.7 Å². The summed E-state index contributed by atoms with van der Waals surface area (Å²) in [6.07, 6.45) is 4.91. The summed E-state index contributed by atoms with van der Waals surface area (Å²) in [5.74, 6) is -0.283. The number of rotatable bonds is 4. The van der Waals surface area contributed by atoms with Crippen LogP contribution in [-0.4, -0.2) is 72.8 Å². The zero-order chi connectivity index (χ0) is 22.3. The average Bonchev–Trinajstić information content (AvgIpc) is 2.77. The molecule has 2 aliphatic heterocycles. The molecule has 2 saturated heterocycles. The lowest BCUT2D eigenvalue weighted by atomic mass is 10.0. The first-order valence-electron chi connectivity index (χ1n) is 10.4. The van der Waals surface area contributed by atoms with Crippen LogP contribution in [0.15, 0.2) is 59.9 Å². The van der Waals surface area contributed by atoms with Crippen molar-refractivity contribution in [2.45, 2.75) is 4.90 Å². The quantitative estimate of drug-likeness (QED) is 0.542. The van der Waals surface area contributed by atoms with Crippen molar-refractivity contribution in [1.29, 1.82) is 0 Å². The molecule has 5 rings (SSSR count). The summed E-state index contributed by atoms with van der Waals surface area (Å²) in [4.78, 5) is 25.3. The molecule has 2 aliphatic rings. The van der Waals surface area contributed by atoms with Crippen LogP contribution in [0.5, 0.6) is 0 Å². The van der Waals surface area contributed by atoms with E-state index >= 15 is 0 Å². The van der Waals surface area contributed by atoms with Crippen LogP contribution in [0.3, 0.4) is 0 Å². The topological polar surface area (TPSA) is 86.7 Å². The van der Waals surface area contributed by atoms with Gasteiger partial charge in [-0.2, -0.15) is 4.31 Å². The monoisotopic (exact) mass is 471 g/mol. The molecule has 0 unspecified atom stereocenters. The van der Waals surface area contributed by atoms with Crippen molar-refractivity contribution in [2.24, 2.45) is 5.92 Å². The molecule has 32 heavy (non-hydrogen) atoms. The molecular formula is C22H22ClN5O3S. The highest BCUT2D eigenvalue weighted by Crippen LogP contribution is 2.31. The Hall–Kier alpha value is -2.75. The predicted molar refractivity (Wildman–Crippen MR) is 122 cm³/mol. The number of sulfonamides is 1. The molecule has 4 heterocycles. The second-order valence-electron chi connectivity index (χ2n) is 8.02. The largest absolute Gasteiger partial charge is 0.368 e. The van der Waals surface area contributed by atoms with Crippen LogP contribution in [0.4, 0.5) is 5.69 Å². The molecule has 1 amide bonds. The number of anilines is 1. The lowest BCUT2D eigenvalue weighted by Crippen LogP contribution is -2.59. The highest BCUT2D eigenvalue weighted by Gasteiger charge is 2.42. The van der Waals surface area contributed by atoms with Crippen LogP contribution in [-0.2, 0) is 14.8 Å². The minimum atomic E-state index is -3.67. The van der Waals surface area contributed by atoms with E-state index in [9.17, 15) is 13.2 Å². The van der Waals surface area contributed by atoms with Gasteiger partial charge in [0, 0.05) is 74.3 Å². The normalized spacial score (nSPS) is 18.0. The maximum Gasteiger partial charge on any atom is 0.243 e. The summed E-state index contributed by atoms with van der Waals surface area (Å²) in [6, 6.07) is 10.6. The number of carbonyl (C=O) groups excluding carboxylic acids is 1. The Morgan fingerprint density at radius 2 is 1.81 bits per heavy atom. The third-order valence-corrected chi connectivity index (χ3v) is 8.22. The number of hydrogen-bond donors (Lipinski definition) is 0. The molecule has 8 nitrogen and oxygen atoms in total. The SMILES string of the molecule is O=C(C1CN(S(=O)(=O)c2cccc3cnccc23)C1)N1CCN(c2ccnc(Cl)c2)CC1. The molecular weight excluding hydrogens is 450 g/mol. The Bertz CT molecular complexity index is 1270. The van der Waals surface area contributed by atoms with Crippen molar-refractivity contribution in [3.05, 3.63) is 60.1 Å². The van der Waals surface area contributed by atoms with E-state index in [0.29, 0.717) is 36.7 Å². The van der Waals surface area contributed by atoms with E-state index in [1.54, 1.807) is 36.8 Å². The van der Waals surface area contributed by atoms with E-state index in [1.807, 2.05) is 23.1 Å². The van der Waals surface area contributed by atoms with Crippen LogP contribution in [0, 0.1) is 5.92 Å². The Morgan fingerprint density at radius 3 is 2.56 bits per heavy atom. The number of piperazine rings is 1. The molecule has 1 aromatic carbocycles. The molecule has 10 heteroatoms. The smallest absolute Gasteiger partial charge is 0.243 e. The van der Waals surface area contributed by atoms with Crippen LogP contribution in [0.2, 0.25) is 5.15 Å². The highest BCUT2D eigenvalue weighted by atomic mass is 35.5. The van der Waals surface area contributed by atoms with Crippen LogP contribution in [0.25, 0.3) is 10.8 Å². The molecule has 166 valence electrons. The summed E-state index contributed by atoms with van der Waals surface area (Å²) < 4.78 is 27.7. The van der Waals surface area contributed by atoms with Crippen molar-refractivity contribution in [3.63, 3.8) is 0 Å². The minimum Gasteiger partial charge on any atom is -0.368 e. The number of hydrogen-bond acceptors (Lipinski definition) is 6. The van der Waals surface area contributed by atoms with Crippen molar-refractivity contribution >= 4 is 44.0 Å². The second-order valence-corrected chi connectivity index (χ2v) is 10.3. The van der Waals surface area contributed by atoms with Crippen molar-refractivity contribution in [2.75, 3.05) is 44.2 Å². The van der Waals surface area contributed by atoms with E-state index in [0.717, 1.165) is 11.1 Å². The molecule has 0 spiro atoms. The molecule has 2 aromatic heterocycles. The third kappa shape index (κ3) is 3.80. The Kier molecular flexibility index (Phi) is 5.48. The number of aromatic nitrogens is 2. The van der Waals surface area contributed by atoms with E-state index < -0.39 is 10.0 Å². The zero-order valence-corrected chi connectivity index (χ0v) is 18.8. The molecule has 0 bridgehead atoms. The molecule has 0 aliphatic carbocycles. The van der Waals surface area contributed by atoms with Crippen molar-refractivity contribution < 1.29 is 13.2 Å². The lowest BCUT2D eigenvalue weighted by molar-refractivity contribution is -0.139. The van der Waals surface area contributed by atoms with E-state index in [2.05, 4.69) is 14.9 Å².